The van der Waals surface area contributed by atoms with E-state index in [1.165, 1.54) is 18.4 Å². The monoisotopic (exact) mass is 446 g/mol. The number of para-hydroxylation sites is 1. The molecule has 1 aromatic heterocycles. The summed E-state index contributed by atoms with van der Waals surface area (Å²) in [7, 11) is 0. The van der Waals surface area contributed by atoms with Gasteiger partial charge in [-0.25, -0.2) is 4.98 Å². The first-order chi connectivity index (χ1) is 15.4. The summed E-state index contributed by atoms with van der Waals surface area (Å²) in [6.45, 7) is 2.94. The smallest absolute Gasteiger partial charge is 0.387 e. The predicted octanol–water partition coefficient (Wildman–Crippen LogP) is 5.06. The molecule has 3 rings (SSSR count). The summed E-state index contributed by atoms with van der Waals surface area (Å²) in [6.07, 6.45) is 1.17. The van der Waals surface area contributed by atoms with Gasteiger partial charge in [0.1, 0.15) is 12.0 Å². The normalized spacial score (nSPS) is 11.0. The number of aromatic nitrogens is 1. The summed E-state index contributed by atoms with van der Waals surface area (Å²) in [5, 5.41) is 2.76. The highest BCUT2D eigenvalue weighted by atomic mass is 19.3. The maximum atomic E-state index is 12.8. The zero-order chi connectivity index (χ0) is 23.1. The molecule has 0 spiro atoms. The second-order valence-corrected chi connectivity index (χ2v) is 6.96. The zero-order valence-electron chi connectivity index (χ0n) is 17.9. The molecule has 0 bridgehead atoms. The van der Waals surface area contributed by atoms with Gasteiger partial charge in [0.2, 0.25) is 5.89 Å². The number of hydrogen-bond donors (Lipinski definition) is 1. The van der Waals surface area contributed by atoms with Crippen molar-refractivity contribution in [2.75, 3.05) is 6.61 Å². The quantitative estimate of drug-likeness (QED) is 0.469. The van der Waals surface area contributed by atoms with Crippen LogP contribution in [0.3, 0.4) is 0 Å². The molecule has 7 nitrogen and oxygen atoms in total. The Hall–Kier alpha value is -3.62. The Morgan fingerprint density at radius 1 is 1.09 bits per heavy atom. The van der Waals surface area contributed by atoms with Gasteiger partial charge >= 0.3 is 6.61 Å². The van der Waals surface area contributed by atoms with Crippen LogP contribution in [-0.4, -0.2) is 30.2 Å². The van der Waals surface area contributed by atoms with E-state index in [1.54, 1.807) is 44.2 Å². The molecule has 0 saturated heterocycles. The van der Waals surface area contributed by atoms with E-state index in [2.05, 4.69) is 15.0 Å². The van der Waals surface area contributed by atoms with Crippen molar-refractivity contribution in [2.24, 2.45) is 0 Å². The Balaban J connectivity index is 1.72. The van der Waals surface area contributed by atoms with Gasteiger partial charge in [0.25, 0.3) is 5.91 Å². The fourth-order valence-electron chi connectivity index (χ4n) is 2.90. The third-order valence-electron chi connectivity index (χ3n) is 4.18. The van der Waals surface area contributed by atoms with Crippen LogP contribution in [0.2, 0.25) is 0 Å². The maximum Gasteiger partial charge on any atom is 0.387 e. The van der Waals surface area contributed by atoms with Gasteiger partial charge in [0.15, 0.2) is 11.5 Å². The first kappa shape index (κ1) is 23.1. The van der Waals surface area contributed by atoms with E-state index < -0.39 is 6.61 Å². The minimum atomic E-state index is -3.00. The van der Waals surface area contributed by atoms with Gasteiger partial charge in [0.05, 0.1) is 30.5 Å². The number of benzene rings is 2. The van der Waals surface area contributed by atoms with Gasteiger partial charge in [-0.05, 0) is 51.1 Å². The molecule has 0 unspecified atom stereocenters. The summed E-state index contributed by atoms with van der Waals surface area (Å²) in [5.74, 6) is 0.437. The van der Waals surface area contributed by atoms with Gasteiger partial charge in [-0.3, -0.25) is 4.79 Å². The average Bonchev–Trinajstić information content (AvgIpc) is 3.22. The number of carbonyl (C=O) groups excluding carboxylic acids is 1. The first-order valence-corrected chi connectivity index (χ1v) is 10.1. The third kappa shape index (κ3) is 5.96. The Bertz CT molecular complexity index is 1050. The molecular weight excluding hydrogens is 422 g/mol. The van der Waals surface area contributed by atoms with Crippen LogP contribution in [0.5, 0.6) is 17.2 Å². The zero-order valence-corrected chi connectivity index (χ0v) is 17.9. The number of amides is 1. The van der Waals surface area contributed by atoms with Crippen molar-refractivity contribution in [3.63, 3.8) is 0 Å². The van der Waals surface area contributed by atoms with Gasteiger partial charge < -0.3 is 23.9 Å². The Morgan fingerprint density at radius 2 is 1.88 bits per heavy atom. The first-order valence-electron chi connectivity index (χ1n) is 10.1. The van der Waals surface area contributed by atoms with Crippen LogP contribution in [0.15, 0.2) is 53.1 Å². The van der Waals surface area contributed by atoms with Crippen molar-refractivity contribution in [1.29, 1.82) is 0 Å². The Kier molecular flexibility index (Phi) is 7.64. The molecule has 9 heteroatoms. The number of halogens is 2. The Labute approximate surface area is 184 Å². The highest BCUT2D eigenvalue weighted by Crippen LogP contribution is 2.34. The lowest BCUT2D eigenvalue weighted by Crippen LogP contribution is -2.23. The van der Waals surface area contributed by atoms with Crippen molar-refractivity contribution in [2.45, 2.75) is 40.0 Å². The van der Waals surface area contributed by atoms with E-state index in [0.717, 1.165) is 0 Å². The molecule has 32 heavy (non-hydrogen) atoms. The van der Waals surface area contributed by atoms with Crippen LogP contribution in [0.4, 0.5) is 8.78 Å². The van der Waals surface area contributed by atoms with Crippen molar-refractivity contribution in [3.8, 4) is 28.7 Å². The number of rotatable bonds is 10. The SMILES string of the molecule is CCOc1ccccc1C(=O)NCc1coc(-c2ccc(OC(C)C)c(OC(F)F)c2)n1. The van der Waals surface area contributed by atoms with Gasteiger partial charge in [-0.2, -0.15) is 8.78 Å². The number of carbonyl (C=O) groups is 1. The molecule has 0 aliphatic rings. The van der Waals surface area contributed by atoms with Crippen LogP contribution in [0.25, 0.3) is 11.5 Å². The molecule has 0 aliphatic heterocycles. The van der Waals surface area contributed by atoms with Gasteiger partial charge in [-0.1, -0.05) is 12.1 Å². The molecule has 0 atom stereocenters. The van der Waals surface area contributed by atoms with E-state index in [4.69, 9.17) is 13.9 Å². The van der Waals surface area contributed by atoms with E-state index in [0.29, 0.717) is 29.2 Å². The minimum absolute atomic E-state index is 0.109. The summed E-state index contributed by atoms with van der Waals surface area (Å²) in [4.78, 5) is 16.8. The second kappa shape index (κ2) is 10.6. The summed E-state index contributed by atoms with van der Waals surface area (Å²) in [5.41, 5.74) is 1.30. The van der Waals surface area contributed by atoms with Crippen LogP contribution in [0, 0.1) is 0 Å². The van der Waals surface area contributed by atoms with Crippen molar-refractivity contribution < 1.29 is 32.2 Å². The number of alkyl halides is 2. The molecule has 2 aromatic carbocycles. The standard InChI is InChI=1S/C23H24F2N2O5/c1-4-29-18-8-6-5-7-17(18)21(28)26-12-16-13-30-22(27-16)15-9-10-19(31-14(2)3)20(11-15)32-23(24)25/h5-11,13-14,23H,4,12H2,1-3H3,(H,26,28). The number of oxazole rings is 1. The highest BCUT2D eigenvalue weighted by molar-refractivity contribution is 5.96. The van der Waals surface area contributed by atoms with E-state index >= 15 is 0 Å². The summed E-state index contributed by atoms with van der Waals surface area (Å²) >= 11 is 0. The van der Waals surface area contributed by atoms with E-state index in [9.17, 15) is 13.6 Å². The molecule has 1 amide bonds. The topological polar surface area (TPSA) is 82.8 Å². The fourth-order valence-corrected chi connectivity index (χ4v) is 2.90. The molecule has 3 aromatic rings. The number of nitrogens with zero attached hydrogens (tertiary/aromatic N) is 1. The lowest BCUT2D eigenvalue weighted by molar-refractivity contribution is -0.0518. The van der Waals surface area contributed by atoms with Crippen molar-refractivity contribution >= 4 is 5.91 Å². The maximum absolute atomic E-state index is 12.8. The molecule has 170 valence electrons. The Morgan fingerprint density at radius 3 is 2.59 bits per heavy atom. The second-order valence-electron chi connectivity index (χ2n) is 6.96. The molecule has 0 radical (unpaired) electrons. The van der Waals surface area contributed by atoms with E-state index in [1.807, 2.05) is 6.92 Å². The van der Waals surface area contributed by atoms with Crippen LogP contribution < -0.4 is 19.5 Å². The largest absolute Gasteiger partial charge is 0.493 e. The fraction of sp³-hybridized carbons (Fsp3) is 0.304. The highest BCUT2D eigenvalue weighted by Gasteiger charge is 2.17. The summed E-state index contributed by atoms with van der Waals surface area (Å²) < 4.78 is 46.6. The molecular formula is C23H24F2N2O5. The molecule has 0 aliphatic carbocycles. The lowest BCUT2D eigenvalue weighted by Gasteiger charge is -2.15. The predicted molar refractivity (Wildman–Crippen MR) is 113 cm³/mol. The van der Waals surface area contributed by atoms with Crippen LogP contribution >= 0.6 is 0 Å². The van der Waals surface area contributed by atoms with Crippen molar-refractivity contribution in [1.82, 2.24) is 10.3 Å². The lowest BCUT2D eigenvalue weighted by atomic mass is 10.2. The third-order valence-corrected chi connectivity index (χ3v) is 4.18. The molecule has 0 saturated carbocycles. The van der Waals surface area contributed by atoms with Gasteiger partial charge in [0, 0.05) is 5.56 Å². The molecule has 1 heterocycles. The average molecular weight is 446 g/mol. The minimum Gasteiger partial charge on any atom is -0.493 e. The number of nitrogens with one attached hydrogen (secondary N) is 1. The van der Waals surface area contributed by atoms with Gasteiger partial charge in [-0.15, -0.1) is 0 Å². The summed E-state index contributed by atoms with van der Waals surface area (Å²) in [6, 6.07) is 11.4. The molecule has 1 N–H and O–H groups in total. The van der Waals surface area contributed by atoms with Crippen LogP contribution in [0.1, 0.15) is 36.8 Å². The van der Waals surface area contributed by atoms with Crippen LogP contribution in [-0.2, 0) is 6.54 Å². The number of ether oxygens (including phenoxy) is 3. The van der Waals surface area contributed by atoms with E-state index in [-0.39, 0.29) is 35.9 Å². The van der Waals surface area contributed by atoms with Crippen molar-refractivity contribution in [3.05, 3.63) is 60.0 Å². The number of hydrogen-bond acceptors (Lipinski definition) is 6. The molecule has 0 fully saturated rings.